The van der Waals surface area contributed by atoms with Crippen LogP contribution in [0.15, 0.2) is 34.0 Å². The Bertz CT molecular complexity index is 1080. The van der Waals surface area contributed by atoms with Crippen molar-refractivity contribution in [1.82, 2.24) is 9.13 Å². The van der Waals surface area contributed by atoms with Crippen LogP contribution in [0.5, 0.6) is 0 Å². The topological polar surface area (TPSA) is 112 Å². The van der Waals surface area contributed by atoms with Crippen molar-refractivity contribution in [2.75, 3.05) is 6.26 Å². The Morgan fingerprint density at radius 3 is 1.88 bits per heavy atom. The predicted molar refractivity (Wildman–Crippen MR) is 96.9 cm³/mol. The molecule has 0 spiro atoms. The van der Waals surface area contributed by atoms with Gasteiger partial charge in [-0.15, -0.1) is 0 Å². The normalized spacial score (nSPS) is 11.4. The summed E-state index contributed by atoms with van der Waals surface area (Å²) >= 11 is 3.13. The zero-order chi connectivity index (χ0) is 19.8. The van der Waals surface area contributed by atoms with Crippen molar-refractivity contribution >= 4 is 43.4 Å². The second-order valence-corrected chi connectivity index (χ2v) is 8.12. The van der Waals surface area contributed by atoms with Crippen LogP contribution in [0.2, 0.25) is 0 Å². The fraction of sp³-hybridized carbons (Fsp3) is 0.250. The van der Waals surface area contributed by atoms with Gasteiger partial charge < -0.3 is 0 Å². The number of sulfone groups is 1. The zero-order valence-electron chi connectivity index (χ0n) is 14.1. The van der Waals surface area contributed by atoms with Gasteiger partial charge in [-0.1, -0.05) is 15.9 Å². The van der Waals surface area contributed by atoms with Crippen molar-refractivity contribution in [3.8, 4) is 0 Å². The van der Waals surface area contributed by atoms with Crippen molar-refractivity contribution in [2.24, 2.45) is 0 Å². The molecule has 0 unspecified atom stereocenters. The number of carbonyl (C=O) groups excluding carboxylic acids is 3. The summed E-state index contributed by atoms with van der Waals surface area (Å²) in [6, 6.07) is 5.09. The molecule has 1 aromatic carbocycles. The van der Waals surface area contributed by atoms with Crippen LogP contribution in [0, 0.1) is 0 Å². The van der Waals surface area contributed by atoms with Crippen LogP contribution >= 0.6 is 15.9 Å². The lowest BCUT2D eigenvalue weighted by Crippen LogP contribution is -2.31. The van der Waals surface area contributed by atoms with E-state index in [2.05, 4.69) is 15.9 Å². The molecular weight excluding hydrogens is 428 g/mol. The zero-order valence-corrected chi connectivity index (χ0v) is 16.5. The van der Waals surface area contributed by atoms with Gasteiger partial charge in [0.2, 0.25) is 17.6 Å². The van der Waals surface area contributed by atoms with E-state index in [1.165, 1.54) is 24.3 Å². The third kappa shape index (κ3) is 3.47. The first-order valence-electron chi connectivity index (χ1n) is 7.30. The van der Waals surface area contributed by atoms with Crippen molar-refractivity contribution in [2.45, 2.75) is 24.1 Å². The van der Waals surface area contributed by atoms with Gasteiger partial charge in [0.1, 0.15) is 5.69 Å². The third-order valence-electron chi connectivity index (χ3n) is 3.67. The lowest BCUT2D eigenvalue weighted by molar-refractivity contribution is 0.0905. The SMILES string of the molecule is CC(=O)n1c(CBr)c(C(=O)c2ccc(S(C)(=O)=O)cc2)n(C(C)=O)c1=O. The second kappa shape index (κ2) is 7.12. The van der Waals surface area contributed by atoms with Crippen LogP contribution < -0.4 is 5.69 Å². The fourth-order valence-corrected chi connectivity index (χ4v) is 3.66. The number of ketones is 1. The molecule has 10 heteroatoms. The molecule has 0 atom stereocenters. The van der Waals surface area contributed by atoms with Crippen LogP contribution in [-0.2, 0) is 15.2 Å². The maximum Gasteiger partial charge on any atom is 0.342 e. The standard InChI is InChI=1S/C16H15BrN2O6S/c1-9(20)18-13(8-17)14(19(10(2)21)16(18)23)15(22)11-4-6-12(7-5-11)26(3,24)25/h4-7H,8H2,1-3H3. The third-order valence-corrected chi connectivity index (χ3v) is 5.33. The van der Waals surface area contributed by atoms with E-state index in [-0.39, 0.29) is 27.2 Å². The second-order valence-electron chi connectivity index (χ2n) is 5.55. The van der Waals surface area contributed by atoms with Gasteiger partial charge in [-0.2, -0.15) is 0 Å². The van der Waals surface area contributed by atoms with E-state index < -0.39 is 33.1 Å². The number of hydrogen-bond acceptors (Lipinski definition) is 6. The first-order valence-corrected chi connectivity index (χ1v) is 10.3. The number of rotatable bonds is 4. The highest BCUT2D eigenvalue weighted by Crippen LogP contribution is 2.19. The minimum Gasteiger partial charge on any atom is -0.287 e. The van der Waals surface area contributed by atoms with Crippen LogP contribution in [0.25, 0.3) is 0 Å². The summed E-state index contributed by atoms with van der Waals surface area (Å²) in [4.78, 5) is 49.0. The highest BCUT2D eigenvalue weighted by atomic mass is 79.9. The summed E-state index contributed by atoms with van der Waals surface area (Å²) in [6.07, 6.45) is 1.03. The monoisotopic (exact) mass is 442 g/mol. The van der Waals surface area contributed by atoms with E-state index in [1.807, 2.05) is 0 Å². The lowest BCUT2D eigenvalue weighted by atomic mass is 10.1. The molecule has 0 aliphatic carbocycles. The highest BCUT2D eigenvalue weighted by Gasteiger charge is 2.29. The average Bonchev–Trinajstić information content (AvgIpc) is 2.86. The molecule has 0 bridgehead atoms. The Morgan fingerprint density at radius 1 is 1.00 bits per heavy atom. The summed E-state index contributed by atoms with van der Waals surface area (Å²) in [6.45, 7) is 2.25. The molecule has 1 heterocycles. The fourth-order valence-electron chi connectivity index (χ4n) is 2.51. The number of hydrogen-bond donors (Lipinski definition) is 0. The van der Waals surface area contributed by atoms with Gasteiger partial charge in [0.05, 0.1) is 10.6 Å². The molecule has 1 aromatic heterocycles. The van der Waals surface area contributed by atoms with Gasteiger partial charge in [0, 0.05) is 31.0 Å². The lowest BCUT2D eigenvalue weighted by Gasteiger charge is -2.06. The molecule has 2 rings (SSSR count). The van der Waals surface area contributed by atoms with E-state index in [1.54, 1.807) is 0 Å². The Kier molecular flexibility index (Phi) is 5.47. The van der Waals surface area contributed by atoms with E-state index >= 15 is 0 Å². The van der Waals surface area contributed by atoms with Crippen LogP contribution in [0.3, 0.4) is 0 Å². The summed E-state index contributed by atoms with van der Waals surface area (Å²) in [5.41, 5.74) is -1.03. The van der Waals surface area contributed by atoms with Crippen molar-refractivity contribution in [3.05, 3.63) is 51.7 Å². The molecule has 2 aromatic rings. The number of benzene rings is 1. The number of nitrogens with zero attached hydrogens (tertiary/aromatic N) is 2. The molecule has 138 valence electrons. The molecule has 0 saturated carbocycles. The molecule has 0 saturated heterocycles. The van der Waals surface area contributed by atoms with Gasteiger partial charge in [-0.25, -0.2) is 22.3 Å². The predicted octanol–water partition coefficient (Wildman–Crippen LogP) is 1.50. The van der Waals surface area contributed by atoms with Gasteiger partial charge in [-0.05, 0) is 24.3 Å². The summed E-state index contributed by atoms with van der Waals surface area (Å²) in [5.74, 6) is -2.02. The smallest absolute Gasteiger partial charge is 0.287 e. The maximum atomic E-state index is 12.9. The highest BCUT2D eigenvalue weighted by molar-refractivity contribution is 9.08. The Labute approximate surface area is 157 Å². The Balaban J connectivity index is 2.73. The largest absolute Gasteiger partial charge is 0.342 e. The van der Waals surface area contributed by atoms with E-state index in [0.717, 1.165) is 24.7 Å². The van der Waals surface area contributed by atoms with Crippen molar-refractivity contribution < 1.29 is 22.8 Å². The van der Waals surface area contributed by atoms with Crippen LogP contribution in [-0.4, -0.2) is 41.4 Å². The number of aromatic nitrogens is 2. The van der Waals surface area contributed by atoms with Crippen molar-refractivity contribution in [3.63, 3.8) is 0 Å². The van der Waals surface area contributed by atoms with Gasteiger partial charge >= 0.3 is 5.69 Å². The number of alkyl halides is 1. The minimum absolute atomic E-state index is 0.00933. The van der Waals surface area contributed by atoms with Gasteiger partial charge in [0.15, 0.2) is 9.84 Å². The quantitative estimate of drug-likeness (QED) is 0.523. The first kappa shape index (κ1) is 20.0. The van der Waals surface area contributed by atoms with E-state index in [0.29, 0.717) is 4.57 Å². The van der Waals surface area contributed by atoms with Crippen molar-refractivity contribution in [1.29, 1.82) is 0 Å². The number of carbonyl (C=O) groups is 3. The minimum atomic E-state index is -3.44. The van der Waals surface area contributed by atoms with Crippen LogP contribution in [0.1, 0.15) is 45.2 Å². The Hall–Kier alpha value is -2.33. The van der Waals surface area contributed by atoms with E-state index in [4.69, 9.17) is 0 Å². The summed E-state index contributed by atoms with van der Waals surface area (Å²) in [7, 11) is -3.44. The number of imidazole rings is 1. The Morgan fingerprint density at radius 2 is 1.50 bits per heavy atom. The molecule has 0 aliphatic rings. The van der Waals surface area contributed by atoms with E-state index in [9.17, 15) is 27.6 Å². The molecule has 0 radical (unpaired) electrons. The van der Waals surface area contributed by atoms with Gasteiger partial charge in [-0.3, -0.25) is 14.4 Å². The molecule has 0 amide bonds. The summed E-state index contributed by atoms with van der Waals surface area (Å²) < 4.78 is 24.5. The molecular formula is C16H15BrN2O6S. The maximum absolute atomic E-state index is 12.9. The average molecular weight is 443 g/mol. The molecule has 0 fully saturated rings. The molecule has 8 nitrogen and oxygen atoms in total. The number of halogens is 1. The summed E-state index contributed by atoms with van der Waals surface area (Å²) in [5, 5.41) is -0.00933. The van der Waals surface area contributed by atoms with Crippen LogP contribution in [0.4, 0.5) is 0 Å². The molecule has 26 heavy (non-hydrogen) atoms. The van der Waals surface area contributed by atoms with Gasteiger partial charge in [0.25, 0.3) is 0 Å². The molecule has 0 aliphatic heterocycles. The first-order chi connectivity index (χ1) is 12.0. The molecule has 0 N–H and O–H groups in total.